The van der Waals surface area contributed by atoms with E-state index in [0.29, 0.717) is 12.1 Å². The van der Waals surface area contributed by atoms with Gasteiger partial charge in [0.15, 0.2) is 0 Å². The Labute approximate surface area is 109 Å². The molecule has 0 radical (unpaired) electrons. The van der Waals surface area contributed by atoms with Gasteiger partial charge in [0.25, 0.3) is 0 Å². The average molecular weight is 255 g/mol. The third kappa shape index (κ3) is 4.55. The molecule has 1 unspecified atom stereocenters. The highest BCUT2D eigenvalue weighted by Gasteiger charge is 2.22. The van der Waals surface area contributed by atoms with Gasteiger partial charge in [0.2, 0.25) is 5.91 Å². The Morgan fingerprint density at radius 1 is 1.33 bits per heavy atom. The Morgan fingerprint density at radius 2 is 2.11 bits per heavy atom. The molecule has 1 amide bonds. The molecule has 2 saturated heterocycles. The van der Waals surface area contributed by atoms with Crippen LogP contribution in [0.4, 0.5) is 0 Å². The lowest BCUT2D eigenvalue weighted by Gasteiger charge is -2.34. The monoisotopic (exact) mass is 255 g/mol. The first-order chi connectivity index (χ1) is 8.74. The standard InChI is InChI=1S/C13H25N3O2/c1-11(17)15-12-3-7-16(8-4-12)10-13-2-5-14-6-9-18-13/h12-14H,2-10H2,1H3,(H,15,17). The number of carbonyl (C=O) groups excluding carboxylic acids is 1. The largest absolute Gasteiger partial charge is 0.376 e. The molecular formula is C13H25N3O2. The summed E-state index contributed by atoms with van der Waals surface area (Å²) in [5, 5.41) is 6.36. The quantitative estimate of drug-likeness (QED) is 0.743. The minimum Gasteiger partial charge on any atom is -0.376 e. The van der Waals surface area contributed by atoms with Crippen LogP contribution in [0.5, 0.6) is 0 Å². The highest BCUT2D eigenvalue weighted by molar-refractivity contribution is 5.73. The first-order valence-electron chi connectivity index (χ1n) is 7.06. The third-order valence-corrected chi connectivity index (χ3v) is 3.73. The molecule has 2 N–H and O–H groups in total. The number of nitrogens with zero attached hydrogens (tertiary/aromatic N) is 1. The van der Waals surface area contributed by atoms with Crippen LogP contribution < -0.4 is 10.6 Å². The van der Waals surface area contributed by atoms with Crippen LogP contribution in [0.3, 0.4) is 0 Å². The number of piperidine rings is 1. The molecule has 2 heterocycles. The molecule has 18 heavy (non-hydrogen) atoms. The van der Waals surface area contributed by atoms with Crippen LogP contribution in [0.25, 0.3) is 0 Å². The van der Waals surface area contributed by atoms with E-state index in [4.69, 9.17) is 4.74 Å². The molecule has 104 valence electrons. The van der Waals surface area contributed by atoms with Gasteiger partial charge in [0.1, 0.15) is 0 Å². The molecule has 2 rings (SSSR count). The Balaban J connectivity index is 1.67. The molecule has 0 spiro atoms. The van der Waals surface area contributed by atoms with E-state index < -0.39 is 0 Å². The molecule has 2 aliphatic heterocycles. The van der Waals surface area contributed by atoms with E-state index in [0.717, 1.165) is 58.6 Å². The number of rotatable bonds is 3. The van der Waals surface area contributed by atoms with E-state index in [1.54, 1.807) is 6.92 Å². The zero-order valence-corrected chi connectivity index (χ0v) is 11.3. The van der Waals surface area contributed by atoms with Crippen molar-refractivity contribution in [2.24, 2.45) is 0 Å². The Hall–Kier alpha value is -0.650. The van der Waals surface area contributed by atoms with Crippen LogP contribution >= 0.6 is 0 Å². The second-order valence-electron chi connectivity index (χ2n) is 5.31. The molecule has 0 aliphatic carbocycles. The maximum Gasteiger partial charge on any atom is 0.217 e. The molecule has 0 bridgehead atoms. The average Bonchev–Trinajstić information content (AvgIpc) is 2.60. The highest BCUT2D eigenvalue weighted by atomic mass is 16.5. The van der Waals surface area contributed by atoms with Crippen molar-refractivity contribution < 1.29 is 9.53 Å². The summed E-state index contributed by atoms with van der Waals surface area (Å²) >= 11 is 0. The molecule has 1 atom stereocenters. The maximum atomic E-state index is 11.0. The number of amides is 1. The summed E-state index contributed by atoms with van der Waals surface area (Å²) in [6.45, 7) is 7.63. The summed E-state index contributed by atoms with van der Waals surface area (Å²) in [7, 11) is 0. The van der Waals surface area contributed by atoms with E-state index >= 15 is 0 Å². The van der Waals surface area contributed by atoms with Crippen molar-refractivity contribution in [3.05, 3.63) is 0 Å². The van der Waals surface area contributed by atoms with Gasteiger partial charge in [-0.2, -0.15) is 0 Å². The van der Waals surface area contributed by atoms with Crippen molar-refractivity contribution in [1.82, 2.24) is 15.5 Å². The molecule has 5 nitrogen and oxygen atoms in total. The fourth-order valence-corrected chi connectivity index (χ4v) is 2.75. The number of hydrogen-bond donors (Lipinski definition) is 2. The minimum absolute atomic E-state index is 0.0895. The lowest BCUT2D eigenvalue weighted by Crippen LogP contribution is -2.46. The number of carbonyl (C=O) groups is 1. The van der Waals surface area contributed by atoms with Crippen LogP contribution in [-0.4, -0.2) is 62.3 Å². The molecule has 0 aromatic carbocycles. The van der Waals surface area contributed by atoms with Gasteiger partial charge in [0.05, 0.1) is 12.7 Å². The van der Waals surface area contributed by atoms with Crippen molar-refractivity contribution in [2.45, 2.75) is 38.3 Å². The molecular weight excluding hydrogens is 230 g/mol. The lowest BCUT2D eigenvalue weighted by atomic mass is 10.0. The van der Waals surface area contributed by atoms with Crippen LogP contribution in [-0.2, 0) is 9.53 Å². The molecule has 0 aromatic heterocycles. The van der Waals surface area contributed by atoms with E-state index in [1.807, 2.05) is 0 Å². The number of hydrogen-bond acceptors (Lipinski definition) is 4. The van der Waals surface area contributed by atoms with Crippen molar-refractivity contribution in [3.8, 4) is 0 Å². The van der Waals surface area contributed by atoms with E-state index in [-0.39, 0.29) is 5.91 Å². The molecule has 0 aromatic rings. The van der Waals surface area contributed by atoms with E-state index in [2.05, 4.69) is 15.5 Å². The third-order valence-electron chi connectivity index (χ3n) is 3.73. The Bertz CT molecular complexity index is 257. The van der Waals surface area contributed by atoms with Gasteiger partial charge in [-0.05, 0) is 25.8 Å². The molecule has 5 heteroatoms. The van der Waals surface area contributed by atoms with Gasteiger partial charge >= 0.3 is 0 Å². The number of nitrogens with one attached hydrogen (secondary N) is 2. The summed E-state index contributed by atoms with van der Waals surface area (Å²) in [5.74, 6) is 0.0895. The number of ether oxygens (including phenoxy) is 1. The molecule has 2 aliphatic rings. The summed E-state index contributed by atoms with van der Waals surface area (Å²) in [4.78, 5) is 13.5. The predicted octanol–water partition coefficient (Wildman–Crippen LogP) is -0.0346. The van der Waals surface area contributed by atoms with Gasteiger partial charge in [-0.25, -0.2) is 0 Å². The maximum absolute atomic E-state index is 11.0. The number of likely N-dealkylation sites (tertiary alicyclic amines) is 1. The van der Waals surface area contributed by atoms with E-state index in [1.165, 1.54) is 0 Å². The molecule has 2 fully saturated rings. The highest BCUT2D eigenvalue weighted by Crippen LogP contribution is 2.13. The topological polar surface area (TPSA) is 53.6 Å². The fraction of sp³-hybridized carbons (Fsp3) is 0.923. The summed E-state index contributed by atoms with van der Waals surface area (Å²) in [6, 6.07) is 0.371. The van der Waals surface area contributed by atoms with Crippen molar-refractivity contribution in [3.63, 3.8) is 0 Å². The van der Waals surface area contributed by atoms with Crippen LogP contribution in [0.1, 0.15) is 26.2 Å². The lowest BCUT2D eigenvalue weighted by molar-refractivity contribution is -0.120. The zero-order chi connectivity index (χ0) is 12.8. The molecule has 0 saturated carbocycles. The second kappa shape index (κ2) is 7.07. The fourth-order valence-electron chi connectivity index (χ4n) is 2.75. The van der Waals surface area contributed by atoms with Gasteiger partial charge in [-0.15, -0.1) is 0 Å². The van der Waals surface area contributed by atoms with Crippen LogP contribution in [0, 0.1) is 0 Å². The van der Waals surface area contributed by atoms with Crippen molar-refractivity contribution in [1.29, 1.82) is 0 Å². The Kier molecular flexibility index (Phi) is 5.41. The van der Waals surface area contributed by atoms with Gasteiger partial charge < -0.3 is 20.3 Å². The normalized spacial score (nSPS) is 27.7. The smallest absolute Gasteiger partial charge is 0.217 e. The van der Waals surface area contributed by atoms with Gasteiger partial charge in [-0.1, -0.05) is 0 Å². The van der Waals surface area contributed by atoms with Crippen LogP contribution in [0.2, 0.25) is 0 Å². The van der Waals surface area contributed by atoms with Gasteiger partial charge in [0, 0.05) is 39.1 Å². The summed E-state index contributed by atoms with van der Waals surface area (Å²) < 4.78 is 5.82. The second-order valence-corrected chi connectivity index (χ2v) is 5.31. The predicted molar refractivity (Wildman–Crippen MR) is 70.5 cm³/mol. The summed E-state index contributed by atoms with van der Waals surface area (Å²) in [5.41, 5.74) is 0. The van der Waals surface area contributed by atoms with Gasteiger partial charge in [-0.3, -0.25) is 4.79 Å². The minimum atomic E-state index is 0.0895. The first kappa shape index (κ1) is 13.8. The zero-order valence-electron chi connectivity index (χ0n) is 11.3. The van der Waals surface area contributed by atoms with Crippen molar-refractivity contribution in [2.75, 3.05) is 39.3 Å². The van der Waals surface area contributed by atoms with E-state index in [9.17, 15) is 4.79 Å². The first-order valence-corrected chi connectivity index (χ1v) is 7.06. The SMILES string of the molecule is CC(=O)NC1CCN(CC2CCNCCO2)CC1. The Morgan fingerprint density at radius 3 is 2.83 bits per heavy atom. The van der Waals surface area contributed by atoms with Crippen LogP contribution in [0.15, 0.2) is 0 Å². The summed E-state index contributed by atoms with van der Waals surface area (Å²) in [6.07, 6.45) is 3.60. The van der Waals surface area contributed by atoms with Crippen molar-refractivity contribution >= 4 is 5.91 Å².